The fourth-order valence-corrected chi connectivity index (χ4v) is 2.19. The van der Waals surface area contributed by atoms with Crippen LogP contribution in [0.3, 0.4) is 0 Å². The van der Waals surface area contributed by atoms with Crippen molar-refractivity contribution in [1.29, 1.82) is 0 Å². The number of anilines is 1. The average molecular weight is 240 g/mol. The molecule has 16 heavy (non-hydrogen) atoms. The molecule has 0 bridgehead atoms. The number of hydrogen-bond acceptors (Lipinski definition) is 3. The summed E-state index contributed by atoms with van der Waals surface area (Å²) < 4.78 is 26.2. The second-order valence-corrected chi connectivity index (χ2v) is 4.41. The minimum atomic E-state index is -0.639. The van der Waals surface area contributed by atoms with Crippen LogP contribution >= 0.6 is 11.3 Å². The van der Waals surface area contributed by atoms with Crippen LogP contribution < -0.4 is 5.73 Å². The van der Waals surface area contributed by atoms with Gasteiger partial charge in [0.05, 0.1) is 5.01 Å². The summed E-state index contributed by atoms with van der Waals surface area (Å²) in [4.78, 5) is 4.22. The van der Waals surface area contributed by atoms with E-state index in [9.17, 15) is 8.78 Å². The quantitative estimate of drug-likeness (QED) is 0.875. The lowest BCUT2D eigenvalue weighted by molar-refractivity contribution is 0.585. The monoisotopic (exact) mass is 240 g/mol. The lowest BCUT2D eigenvalue weighted by atomic mass is 10.1. The molecule has 0 aliphatic heterocycles. The van der Waals surface area contributed by atoms with Gasteiger partial charge >= 0.3 is 0 Å². The largest absolute Gasteiger partial charge is 0.389 e. The van der Waals surface area contributed by atoms with Gasteiger partial charge in [-0.05, 0) is 18.6 Å². The first kappa shape index (κ1) is 11.0. The van der Waals surface area contributed by atoms with Gasteiger partial charge in [-0.25, -0.2) is 13.8 Å². The Morgan fingerprint density at radius 3 is 2.69 bits per heavy atom. The van der Waals surface area contributed by atoms with Crippen molar-refractivity contribution in [3.63, 3.8) is 0 Å². The van der Waals surface area contributed by atoms with Crippen LogP contribution in [0.4, 0.5) is 13.8 Å². The number of hydrogen-bond donors (Lipinski definition) is 1. The van der Waals surface area contributed by atoms with Crippen molar-refractivity contribution in [3.8, 4) is 11.3 Å². The third-order valence-electron chi connectivity index (χ3n) is 2.19. The van der Waals surface area contributed by atoms with Crippen LogP contribution in [0.25, 0.3) is 11.3 Å². The van der Waals surface area contributed by atoms with Crippen LogP contribution in [0.5, 0.6) is 0 Å². The van der Waals surface area contributed by atoms with Crippen molar-refractivity contribution < 1.29 is 8.78 Å². The fourth-order valence-electron chi connectivity index (χ4n) is 1.40. The Morgan fingerprint density at radius 2 is 2.12 bits per heavy atom. The molecule has 2 N–H and O–H groups in total. The lowest BCUT2D eigenvalue weighted by Crippen LogP contribution is -1.91. The summed E-state index contributed by atoms with van der Waals surface area (Å²) in [6.07, 6.45) is 0.748. The van der Waals surface area contributed by atoms with Crippen LogP contribution in [0.15, 0.2) is 18.2 Å². The summed E-state index contributed by atoms with van der Waals surface area (Å²) >= 11 is 1.33. The molecule has 1 aromatic carbocycles. The van der Waals surface area contributed by atoms with Crippen LogP contribution in [0.2, 0.25) is 0 Å². The van der Waals surface area contributed by atoms with Gasteiger partial charge < -0.3 is 5.73 Å². The second kappa shape index (κ2) is 4.17. The molecule has 0 unspecified atom stereocenters. The third kappa shape index (κ3) is 1.90. The molecule has 0 saturated heterocycles. The Labute approximate surface area is 95.7 Å². The summed E-state index contributed by atoms with van der Waals surface area (Å²) in [5.41, 5.74) is 6.40. The first-order valence-electron chi connectivity index (χ1n) is 4.82. The highest BCUT2D eigenvalue weighted by atomic mass is 32.1. The molecule has 1 aromatic heterocycles. The van der Waals surface area contributed by atoms with E-state index in [1.165, 1.54) is 23.5 Å². The van der Waals surface area contributed by atoms with Crippen molar-refractivity contribution >= 4 is 16.3 Å². The Morgan fingerprint density at radius 1 is 1.38 bits per heavy atom. The first-order chi connectivity index (χ1) is 7.61. The summed E-state index contributed by atoms with van der Waals surface area (Å²) in [6, 6.07) is 3.39. The van der Waals surface area contributed by atoms with Gasteiger partial charge in [0.25, 0.3) is 0 Å². The molecule has 2 rings (SSSR count). The maximum Gasteiger partial charge on any atom is 0.135 e. The van der Waals surface area contributed by atoms with E-state index in [0.29, 0.717) is 10.7 Å². The zero-order chi connectivity index (χ0) is 11.7. The molecule has 84 valence electrons. The standard InChI is InChI=1S/C11H10F2N2S/c1-2-9-15-10(11(14)16-9)7-4-3-6(12)5-8(7)13/h3-5H,2,14H2,1H3. The van der Waals surface area contributed by atoms with Gasteiger partial charge in [-0.1, -0.05) is 6.92 Å². The molecule has 0 atom stereocenters. The van der Waals surface area contributed by atoms with E-state index in [0.717, 1.165) is 17.5 Å². The Balaban J connectivity index is 2.53. The molecule has 0 saturated carbocycles. The average Bonchev–Trinajstić information content (AvgIpc) is 2.60. The highest BCUT2D eigenvalue weighted by Gasteiger charge is 2.14. The van der Waals surface area contributed by atoms with E-state index in [4.69, 9.17) is 5.73 Å². The van der Waals surface area contributed by atoms with Crippen molar-refractivity contribution in [2.24, 2.45) is 0 Å². The van der Waals surface area contributed by atoms with Crippen LogP contribution in [-0.2, 0) is 6.42 Å². The third-order valence-corrected chi connectivity index (χ3v) is 3.22. The molecular weight excluding hydrogens is 230 g/mol. The predicted octanol–water partition coefficient (Wildman–Crippen LogP) is 3.23. The lowest BCUT2D eigenvalue weighted by Gasteiger charge is -2.00. The van der Waals surface area contributed by atoms with Crippen LogP contribution in [0, 0.1) is 11.6 Å². The minimum Gasteiger partial charge on any atom is -0.389 e. The maximum absolute atomic E-state index is 13.5. The van der Waals surface area contributed by atoms with Gasteiger partial charge in [-0.15, -0.1) is 11.3 Å². The summed E-state index contributed by atoms with van der Waals surface area (Å²) in [5, 5.41) is 1.30. The van der Waals surface area contributed by atoms with E-state index in [2.05, 4.69) is 4.98 Å². The molecule has 0 amide bonds. The molecule has 2 aromatic rings. The fraction of sp³-hybridized carbons (Fsp3) is 0.182. The van der Waals surface area contributed by atoms with Crippen LogP contribution in [0.1, 0.15) is 11.9 Å². The van der Waals surface area contributed by atoms with E-state index in [-0.39, 0.29) is 5.56 Å². The molecule has 2 nitrogen and oxygen atoms in total. The van der Waals surface area contributed by atoms with Gasteiger partial charge in [0.15, 0.2) is 0 Å². The van der Waals surface area contributed by atoms with Gasteiger partial charge in [-0.2, -0.15) is 0 Å². The Kier molecular flexibility index (Phi) is 2.87. The normalized spacial score (nSPS) is 10.7. The molecule has 5 heteroatoms. The number of rotatable bonds is 2. The van der Waals surface area contributed by atoms with E-state index < -0.39 is 11.6 Å². The molecule has 1 heterocycles. The molecule has 0 spiro atoms. The zero-order valence-corrected chi connectivity index (χ0v) is 9.44. The van der Waals surface area contributed by atoms with Crippen molar-refractivity contribution in [2.45, 2.75) is 13.3 Å². The number of halogens is 2. The van der Waals surface area contributed by atoms with E-state index in [1.807, 2.05) is 6.92 Å². The highest BCUT2D eigenvalue weighted by molar-refractivity contribution is 7.16. The highest BCUT2D eigenvalue weighted by Crippen LogP contribution is 2.32. The predicted molar refractivity (Wildman–Crippen MR) is 61.3 cm³/mol. The number of thiazole rings is 1. The topological polar surface area (TPSA) is 38.9 Å². The summed E-state index contributed by atoms with van der Waals surface area (Å²) in [5.74, 6) is -1.24. The maximum atomic E-state index is 13.5. The van der Waals surface area contributed by atoms with E-state index in [1.54, 1.807) is 0 Å². The molecule has 0 fully saturated rings. The molecular formula is C11H10F2N2S. The summed E-state index contributed by atoms with van der Waals surface area (Å²) in [7, 11) is 0. The number of nitrogens with zero attached hydrogens (tertiary/aromatic N) is 1. The second-order valence-electron chi connectivity index (χ2n) is 3.30. The van der Waals surface area contributed by atoms with Gasteiger partial charge in [0.1, 0.15) is 22.3 Å². The van der Waals surface area contributed by atoms with Gasteiger partial charge in [0, 0.05) is 11.6 Å². The molecule has 0 aliphatic rings. The molecule has 0 aliphatic carbocycles. The van der Waals surface area contributed by atoms with Gasteiger partial charge in [0.2, 0.25) is 0 Å². The number of nitrogens with two attached hydrogens (primary N) is 1. The summed E-state index contributed by atoms with van der Waals surface area (Å²) in [6.45, 7) is 1.95. The Bertz CT molecular complexity index is 523. The number of nitrogen functional groups attached to an aromatic ring is 1. The first-order valence-corrected chi connectivity index (χ1v) is 5.64. The van der Waals surface area contributed by atoms with Gasteiger partial charge in [-0.3, -0.25) is 0 Å². The number of benzene rings is 1. The van der Waals surface area contributed by atoms with Crippen molar-refractivity contribution in [3.05, 3.63) is 34.8 Å². The smallest absolute Gasteiger partial charge is 0.135 e. The van der Waals surface area contributed by atoms with Crippen molar-refractivity contribution in [1.82, 2.24) is 4.98 Å². The SMILES string of the molecule is CCc1nc(-c2ccc(F)cc2F)c(N)s1. The Hall–Kier alpha value is -1.49. The van der Waals surface area contributed by atoms with Crippen molar-refractivity contribution in [2.75, 3.05) is 5.73 Å². The molecule has 0 radical (unpaired) electrons. The minimum absolute atomic E-state index is 0.245. The zero-order valence-electron chi connectivity index (χ0n) is 8.63. The number of aryl methyl sites for hydroxylation is 1. The van der Waals surface area contributed by atoms with Crippen LogP contribution in [-0.4, -0.2) is 4.98 Å². The van der Waals surface area contributed by atoms with E-state index >= 15 is 0 Å². The number of aromatic nitrogens is 1.